The molecule has 4 saturated carbocycles. The van der Waals surface area contributed by atoms with Gasteiger partial charge in [0, 0.05) is 19.0 Å². The fraction of sp³-hybridized carbons (Fsp3) is 0.824. The Morgan fingerprint density at radius 2 is 1.67 bits per heavy atom. The third-order valence-electron chi connectivity index (χ3n) is 5.82. The highest BCUT2D eigenvalue weighted by molar-refractivity contribution is 6.24. The van der Waals surface area contributed by atoms with Gasteiger partial charge in [-0.05, 0) is 50.4 Å². The zero-order valence-corrected chi connectivity index (χ0v) is 15.1. The van der Waals surface area contributed by atoms with Gasteiger partial charge in [-0.3, -0.25) is 14.4 Å². The number of rotatable bonds is 5. The first kappa shape index (κ1) is 17.5. The summed E-state index contributed by atoms with van der Waals surface area (Å²) in [6.45, 7) is -0.145. The number of hydrogen-bond donors (Lipinski definition) is 2. The molecule has 2 N–H and O–H groups in total. The van der Waals surface area contributed by atoms with Gasteiger partial charge < -0.3 is 15.5 Å². The molecule has 0 aromatic rings. The van der Waals surface area contributed by atoms with E-state index in [1.54, 1.807) is 14.1 Å². The number of alkyl halides is 1. The van der Waals surface area contributed by atoms with E-state index in [1.165, 1.54) is 11.3 Å². The van der Waals surface area contributed by atoms with Crippen LogP contribution in [0.15, 0.2) is 0 Å². The lowest BCUT2D eigenvalue weighted by Gasteiger charge is -2.59. The molecule has 134 valence electrons. The highest BCUT2D eigenvalue weighted by atomic mass is 35.5. The van der Waals surface area contributed by atoms with E-state index in [0.29, 0.717) is 11.8 Å². The molecule has 0 saturated heterocycles. The summed E-state index contributed by atoms with van der Waals surface area (Å²) in [5.41, 5.74) is -0.397. The number of carbonyl (C=O) groups is 3. The van der Waals surface area contributed by atoms with Crippen molar-refractivity contribution in [3.8, 4) is 0 Å². The van der Waals surface area contributed by atoms with Crippen LogP contribution in [0.2, 0.25) is 0 Å². The second-order valence-corrected chi connectivity index (χ2v) is 8.94. The first-order valence-electron chi connectivity index (χ1n) is 8.65. The molecule has 0 aromatic heterocycles. The molecule has 4 aliphatic rings. The predicted molar refractivity (Wildman–Crippen MR) is 90.4 cm³/mol. The summed E-state index contributed by atoms with van der Waals surface area (Å²) < 4.78 is 0. The quantitative estimate of drug-likeness (QED) is 0.719. The summed E-state index contributed by atoms with van der Waals surface area (Å²) in [6.07, 6.45) is 5.74. The van der Waals surface area contributed by atoms with Crippen LogP contribution in [-0.4, -0.2) is 54.7 Å². The topological polar surface area (TPSA) is 78.5 Å². The van der Waals surface area contributed by atoms with Crippen molar-refractivity contribution in [3.63, 3.8) is 0 Å². The van der Waals surface area contributed by atoms with Gasteiger partial charge in [0.1, 0.15) is 0 Å². The molecule has 7 heteroatoms. The smallest absolute Gasteiger partial charge is 0.241 e. The van der Waals surface area contributed by atoms with Gasteiger partial charge >= 0.3 is 0 Å². The zero-order valence-electron chi connectivity index (χ0n) is 14.4. The van der Waals surface area contributed by atoms with E-state index >= 15 is 0 Å². The maximum absolute atomic E-state index is 12.8. The lowest BCUT2D eigenvalue weighted by atomic mass is 9.49. The number of halogens is 1. The fourth-order valence-electron chi connectivity index (χ4n) is 5.16. The van der Waals surface area contributed by atoms with Crippen LogP contribution in [0.25, 0.3) is 0 Å². The summed E-state index contributed by atoms with van der Waals surface area (Å²) >= 11 is 6.74. The Balaban J connectivity index is 1.52. The summed E-state index contributed by atoms with van der Waals surface area (Å²) in [5, 5.41) is 5.30. The summed E-state index contributed by atoms with van der Waals surface area (Å²) in [7, 11) is 3.26. The van der Waals surface area contributed by atoms with Crippen molar-refractivity contribution in [2.24, 2.45) is 17.3 Å². The Hall–Kier alpha value is -1.30. The standard InChI is InChI=1S/C17H26ClN3O3/c1-21(2)14(23)9-19-13(22)8-20-15(24)16-4-11-3-12(5-16)7-17(18,6-11)10-16/h11-12H,3-10H2,1-2H3,(H,19,22)(H,20,24)/t11-,12-,16?,17?/m0/s1. The Kier molecular flexibility index (Phi) is 4.53. The number of nitrogens with zero attached hydrogens (tertiary/aromatic N) is 1. The molecular formula is C17H26ClN3O3. The van der Waals surface area contributed by atoms with Gasteiger partial charge in [-0.25, -0.2) is 0 Å². The molecule has 4 aliphatic carbocycles. The molecule has 0 heterocycles. The minimum absolute atomic E-state index is 0.0456. The molecular weight excluding hydrogens is 330 g/mol. The van der Waals surface area contributed by atoms with Crippen LogP contribution in [0.4, 0.5) is 0 Å². The number of nitrogens with one attached hydrogen (secondary N) is 2. The Morgan fingerprint density at radius 1 is 1.04 bits per heavy atom. The van der Waals surface area contributed by atoms with E-state index in [9.17, 15) is 14.4 Å². The molecule has 4 bridgehead atoms. The molecule has 24 heavy (non-hydrogen) atoms. The van der Waals surface area contributed by atoms with Crippen LogP contribution < -0.4 is 10.6 Å². The molecule has 6 nitrogen and oxygen atoms in total. The van der Waals surface area contributed by atoms with Crippen molar-refractivity contribution in [1.29, 1.82) is 0 Å². The third kappa shape index (κ3) is 3.39. The second kappa shape index (κ2) is 6.21. The first-order valence-corrected chi connectivity index (χ1v) is 9.03. The molecule has 3 amide bonds. The molecule has 4 fully saturated rings. The number of carbonyl (C=O) groups excluding carboxylic acids is 3. The number of hydrogen-bond acceptors (Lipinski definition) is 3. The molecule has 0 aliphatic heterocycles. The number of likely N-dealkylation sites (N-methyl/N-ethyl adjacent to an activating group) is 1. The summed E-state index contributed by atoms with van der Waals surface area (Å²) in [5.74, 6) is 0.515. The second-order valence-electron chi connectivity index (χ2n) is 8.14. The fourth-order valence-corrected chi connectivity index (χ4v) is 5.85. The van der Waals surface area contributed by atoms with Gasteiger partial charge in [0.05, 0.1) is 18.5 Å². The van der Waals surface area contributed by atoms with Crippen LogP contribution in [0.1, 0.15) is 38.5 Å². The van der Waals surface area contributed by atoms with E-state index < -0.39 is 5.41 Å². The lowest BCUT2D eigenvalue weighted by Crippen LogP contribution is -2.59. The predicted octanol–water partition coefficient (Wildman–Crippen LogP) is 0.885. The normalized spacial score (nSPS) is 36.3. The maximum atomic E-state index is 12.8. The van der Waals surface area contributed by atoms with Gasteiger partial charge in [-0.2, -0.15) is 0 Å². The van der Waals surface area contributed by atoms with E-state index in [1.807, 2.05) is 0 Å². The van der Waals surface area contributed by atoms with Crippen molar-refractivity contribution in [3.05, 3.63) is 0 Å². The molecule has 0 radical (unpaired) electrons. The van der Waals surface area contributed by atoms with E-state index in [2.05, 4.69) is 10.6 Å². The SMILES string of the molecule is CN(C)C(=O)CNC(=O)CNC(=O)C12C[C@@H]3C[C@H](CC(Cl)(C3)C1)C2. The van der Waals surface area contributed by atoms with Gasteiger partial charge in [-0.15, -0.1) is 11.6 Å². The third-order valence-corrected chi connectivity index (χ3v) is 6.26. The van der Waals surface area contributed by atoms with Crippen molar-refractivity contribution in [2.45, 2.75) is 43.4 Å². The minimum Gasteiger partial charge on any atom is -0.347 e. The van der Waals surface area contributed by atoms with Gasteiger partial charge in [0.25, 0.3) is 0 Å². The molecule has 0 aromatic carbocycles. The number of amides is 3. The Morgan fingerprint density at radius 3 is 2.21 bits per heavy atom. The van der Waals surface area contributed by atoms with Gasteiger partial charge in [-0.1, -0.05) is 0 Å². The van der Waals surface area contributed by atoms with Crippen molar-refractivity contribution < 1.29 is 14.4 Å². The Labute approximate surface area is 147 Å². The average molecular weight is 356 g/mol. The Bertz CT molecular complexity index is 549. The van der Waals surface area contributed by atoms with Crippen LogP contribution in [0.5, 0.6) is 0 Å². The van der Waals surface area contributed by atoms with Crippen molar-refractivity contribution >= 4 is 29.3 Å². The largest absolute Gasteiger partial charge is 0.347 e. The van der Waals surface area contributed by atoms with Crippen LogP contribution in [0, 0.1) is 17.3 Å². The summed E-state index contributed by atoms with van der Waals surface area (Å²) in [4.78, 5) is 37.3. The summed E-state index contributed by atoms with van der Waals surface area (Å²) in [6, 6.07) is 0. The molecule has 2 atom stereocenters. The van der Waals surface area contributed by atoms with E-state index in [-0.39, 0.29) is 35.7 Å². The highest BCUT2D eigenvalue weighted by Gasteiger charge is 2.59. The maximum Gasteiger partial charge on any atom is 0.241 e. The van der Waals surface area contributed by atoms with Gasteiger partial charge in [0.15, 0.2) is 0 Å². The highest BCUT2D eigenvalue weighted by Crippen LogP contribution is 2.63. The van der Waals surface area contributed by atoms with Crippen LogP contribution in [0.3, 0.4) is 0 Å². The average Bonchev–Trinajstić information content (AvgIpc) is 2.47. The zero-order chi connectivity index (χ0) is 17.5. The van der Waals surface area contributed by atoms with Gasteiger partial charge in [0.2, 0.25) is 17.7 Å². The monoisotopic (exact) mass is 355 g/mol. The molecule has 0 unspecified atom stereocenters. The van der Waals surface area contributed by atoms with Crippen molar-refractivity contribution in [2.75, 3.05) is 27.2 Å². The van der Waals surface area contributed by atoms with E-state index in [0.717, 1.165) is 32.1 Å². The van der Waals surface area contributed by atoms with E-state index in [4.69, 9.17) is 11.6 Å². The first-order chi connectivity index (χ1) is 11.2. The molecule has 4 rings (SSSR count). The van der Waals surface area contributed by atoms with Crippen molar-refractivity contribution in [1.82, 2.24) is 15.5 Å². The minimum atomic E-state index is -0.397. The van der Waals surface area contributed by atoms with Crippen LogP contribution >= 0.6 is 11.6 Å². The van der Waals surface area contributed by atoms with Crippen LogP contribution in [-0.2, 0) is 14.4 Å². The lowest BCUT2D eigenvalue weighted by molar-refractivity contribution is -0.145. The molecule has 0 spiro atoms.